The first-order valence-corrected chi connectivity index (χ1v) is 9.93. The second-order valence-corrected chi connectivity index (χ2v) is 7.19. The van der Waals surface area contributed by atoms with Gasteiger partial charge in [0.15, 0.2) is 0 Å². The Morgan fingerprint density at radius 3 is 2.10 bits per heavy atom. The van der Waals surface area contributed by atoms with E-state index >= 15 is 0 Å². The molecular formula is C25H30ClNO2. The first kappa shape index (κ1) is 23.0. The van der Waals surface area contributed by atoms with E-state index in [9.17, 15) is 5.11 Å². The van der Waals surface area contributed by atoms with Gasteiger partial charge < -0.3 is 15.2 Å². The van der Waals surface area contributed by atoms with Gasteiger partial charge in [-0.3, -0.25) is 0 Å². The fourth-order valence-corrected chi connectivity index (χ4v) is 3.08. The lowest BCUT2D eigenvalue weighted by Gasteiger charge is -2.17. The highest BCUT2D eigenvalue weighted by Gasteiger charge is 2.09. The van der Waals surface area contributed by atoms with Crippen molar-refractivity contribution in [2.75, 3.05) is 6.54 Å². The van der Waals surface area contributed by atoms with Crippen molar-refractivity contribution in [2.24, 2.45) is 0 Å². The Balaban J connectivity index is 0.00000300. The number of aliphatic hydroxyl groups excluding tert-OH is 1. The maximum atomic E-state index is 10.2. The van der Waals surface area contributed by atoms with Crippen molar-refractivity contribution in [1.82, 2.24) is 5.32 Å². The smallest absolute Gasteiger partial charge is 0.119 e. The molecule has 0 bridgehead atoms. The van der Waals surface area contributed by atoms with E-state index in [1.807, 2.05) is 60.7 Å². The van der Waals surface area contributed by atoms with Gasteiger partial charge >= 0.3 is 0 Å². The van der Waals surface area contributed by atoms with Gasteiger partial charge in [-0.05, 0) is 48.6 Å². The summed E-state index contributed by atoms with van der Waals surface area (Å²) >= 11 is 0. The van der Waals surface area contributed by atoms with Crippen molar-refractivity contribution in [3.8, 4) is 5.75 Å². The molecule has 0 unspecified atom stereocenters. The molecule has 0 aliphatic heterocycles. The van der Waals surface area contributed by atoms with Crippen LogP contribution in [0, 0.1) is 0 Å². The van der Waals surface area contributed by atoms with Crippen LogP contribution in [0.3, 0.4) is 0 Å². The standard InChI is InChI=1S/C25H29NO2.ClH/c1-20(26-18-25(27)23-10-6-3-7-11-23)12-13-21-14-16-24(17-15-21)28-19-22-8-4-2-5-9-22;/h2-11,14-17,20,25-27H,12-13,18-19H2,1H3;1H/t20-,25+;/m1./s1. The number of ether oxygens (including phenoxy) is 1. The second-order valence-electron chi connectivity index (χ2n) is 7.19. The molecule has 0 radical (unpaired) electrons. The highest BCUT2D eigenvalue weighted by molar-refractivity contribution is 5.85. The third-order valence-corrected chi connectivity index (χ3v) is 4.88. The minimum Gasteiger partial charge on any atom is -0.489 e. The Labute approximate surface area is 180 Å². The summed E-state index contributed by atoms with van der Waals surface area (Å²) in [5.41, 5.74) is 3.42. The first-order chi connectivity index (χ1) is 13.7. The van der Waals surface area contributed by atoms with Crippen molar-refractivity contribution in [2.45, 2.75) is 38.5 Å². The van der Waals surface area contributed by atoms with Crippen molar-refractivity contribution in [3.63, 3.8) is 0 Å². The number of nitrogens with one attached hydrogen (secondary N) is 1. The summed E-state index contributed by atoms with van der Waals surface area (Å²) in [4.78, 5) is 0. The molecule has 0 aliphatic rings. The van der Waals surface area contributed by atoms with Gasteiger partial charge in [-0.25, -0.2) is 0 Å². The van der Waals surface area contributed by atoms with Gasteiger partial charge in [-0.2, -0.15) is 0 Å². The summed E-state index contributed by atoms with van der Waals surface area (Å²) in [6.45, 7) is 3.32. The molecular weight excluding hydrogens is 382 g/mol. The Morgan fingerprint density at radius 2 is 1.45 bits per heavy atom. The third-order valence-electron chi connectivity index (χ3n) is 4.88. The average molecular weight is 412 g/mol. The normalized spacial score (nSPS) is 12.6. The monoisotopic (exact) mass is 411 g/mol. The fourth-order valence-electron chi connectivity index (χ4n) is 3.08. The van der Waals surface area contributed by atoms with Gasteiger partial charge in [0.1, 0.15) is 12.4 Å². The zero-order valence-corrected chi connectivity index (χ0v) is 17.6. The van der Waals surface area contributed by atoms with Crippen molar-refractivity contribution >= 4 is 12.4 Å². The van der Waals surface area contributed by atoms with Gasteiger partial charge in [0.05, 0.1) is 6.10 Å². The quantitative estimate of drug-likeness (QED) is 0.473. The molecule has 2 atom stereocenters. The zero-order valence-electron chi connectivity index (χ0n) is 16.8. The van der Waals surface area contributed by atoms with Crippen LogP contribution in [0.25, 0.3) is 0 Å². The molecule has 0 saturated heterocycles. The SMILES string of the molecule is C[C@H](CCc1ccc(OCc2ccccc2)cc1)NC[C@H](O)c1ccccc1.Cl. The van der Waals surface area contributed by atoms with Crippen LogP contribution in [0.1, 0.15) is 36.1 Å². The summed E-state index contributed by atoms with van der Waals surface area (Å²) in [7, 11) is 0. The molecule has 0 aliphatic carbocycles. The van der Waals surface area contributed by atoms with Gasteiger partial charge in [0.2, 0.25) is 0 Å². The average Bonchev–Trinajstić information content (AvgIpc) is 2.76. The molecule has 3 aromatic rings. The number of benzene rings is 3. The van der Waals surface area contributed by atoms with Crippen molar-refractivity contribution in [3.05, 3.63) is 102 Å². The van der Waals surface area contributed by atoms with Crippen LogP contribution in [0.2, 0.25) is 0 Å². The highest BCUT2D eigenvalue weighted by Crippen LogP contribution is 2.16. The molecule has 154 valence electrons. The van der Waals surface area contributed by atoms with Gasteiger partial charge in [-0.1, -0.05) is 72.8 Å². The minimum absolute atomic E-state index is 0. The molecule has 0 fully saturated rings. The van der Waals surface area contributed by atoms with Crippen LogP contribution in [-0.2, 0) is 13.0 Å². The van der Waals surface area contributed by atoms with E-state index in [1.165, 1.54) is 11.1 Å². The molecule has 0 saturated carbocycles. The van der Waals surface area contributed by atoms with E-state index < -0.39 is 6.10 Å². The molecule has 0 aromatic heterocycles. The lowest BCUT2D eigenvalue weighted by molar-refractivity contribution is 0.170. The second kappa shape index (κ2) is 12.3. The predicted molar refractivity (Wildman–Crippen MR) is 122 cm³/mol. The van der Waals surface area contributed by atoms with Crippen LogP contribution < -0.4 is 10.1 Å². The van der Waals surface area contributed by atoms with E-state index in [2.05, 4.69) is 36.5 Å². The predicted octanol–water partition coefficient (Wildman–Crippen LogP) is 5.33. The lowest BCUT2D eigenvalue weighted by atomic mass is 10.1. The van der Waals surface area contributed by atoms with Crippen LogP contribution in [-0.4, -0.2) is 17.7 Å². The topological polar surface area (TPSA) is 41.5 Å². The zero-order chi connectivity index (χ0) is 19.6. The highest BCUT2D eigenvalue weighted by atomic mass is 35.5. The fraction of sp³-hybridized carbons (Fsp3) is 0.280. The molecule has 3 rings (SSSR count). The number of rotatable bonds is 10. The Kier molecular flexibility index (Phi) is 9.72. The van der Waals surface area contributed by atoms with E-state index in [0.717, 1.165) is 24.2 Å². The molecule has 0 heterocycles. The molecule has 4 heteroatoms. The van der Waals surface area contributed by atoms with E-state index in [-0.39, 0.29) is 12.4 Å². The van der Waals surface area contributed by atoms with Gasteiger partial charge in [0, 0.05) is 12.6 Å². The molecule has 3 nitrogen and oxygen atoms in total. The number of aliphatic hydroxyl groups is 1. The van der Waals surface area contributed by atoms with Gasteiger partial charge in [0.25, 0.3) is 0 Å². The molecule has 29 heavy (non-hydrogen) atoms. The maximum absolute atomic E-state index is 10.2. The molecule has 0 amide bonds. The largest absolute Gasteiger partial charge is 0.489 e. The van der Waals surface area contributed by atoms with Gasteiger partial charge in [-0.15, -0.1) is 12.4 Å². The summed E-state index contributed by atoms with van der Waals surface area (Å²) in [6.07, 6.45) is 1.55. The lowest BCUT2D eigenvalue weighted by Crippen LogP contribution is -2.30. The number of hydrogen-bond donors (Lipinski definition) is 2. The Hall–Kier alpha value is -2.33. The Bertz CT molecular complexity index is 809. The third kappa shape index (κ3) is 7.90. The van der Waals surface area contributed by atoms with E-state index in [4.69, 9.17) is 4.74 Å². The van der Waals surface area contributed by atoms with Crippen LogP contribution in [0.5, 0.6) is 5.75 Å². The first-order valence-electron chi connectivity index (χ1n) is 9.93. The molecule has 2 N–H and O–H groups in total. The number of halogens is 1. The minimum atomic E-state index is -0.468. The summed E-state index contributed by atoms with van der Waals surface area (Å²) < 4.78 is 5.84. The van der Waals surface area contributed by atoms with E-state index in [0.29, 0.717) is 19.2 Å². The van der Waals surface area contributed by atoms with Crippen LogP contribution >= 0.6 is 12.4 Å². The Morgan fingerprint density at radius 1 is 0.828 bits per heavy atom. The summed E-state index contributed by atoms with van der Waals surface area (Å²) in [6, 6.07) is 28.7. The summed E-state index contributed by atoms with van der Waals surface area (Å²) in [5, 5.41) is 13.7. The van der Waals surface area contributed by atoms with Crippen LogP contribution in [0.4, 0.5) is 0 Å². The number of hydrogen-bond acceptors (Lipinski definition) is 3. The maximum Gasteiger partial charge on any atom is 0.119 e. The number of aryl methyl sites for hydroxylation is 1. The van der Waals surface area contributed by atoms with Crippen molar-refractivity contribution < 1.29 is 9.84 Å². The summed E-state index contributed by atoms with van der Waals surface area (Å²) in [5.74, 6) is 0.893. The van der Waals surface area contributed by atoms with E-state index in [1.54, 1.807) is 0 Å². The molecule has 3 aromatic carbocycles. The molecule has 0 spiro atoms. The van der Waals surface area contributed by atoms with Crippen LogP contribution in [0.15, 0.2) is 84.9 Å². The van der Waals surface area contributed by atoms with Crippen molar-refractivity contribution in [1.29, 1.82) is 0 Å².